The summed E-state index contributed by atoms with van der Waals surface area (Å²) in [5, 5.41) is 6.38. The van der Waals surface area contributed by atoms with Gasteiger partial charge in [-0.3, -0.25) is 0 Å². The Balaban J connectivity index is 1.80. The van der Waals surface area contributed by atoms with Crippen LogP contribution in [0.2, 0.25) is 0 Å². The highest BCUT2D eigenvalue weighted by Gasteiger charge is 2.09. The number of aromatic amines is 1. The van der Waals surface area contributed by atoms with E-state index < -0.39 is 0 Å². The molecule has 4 aromatic carbocycles. The Kier molecular flexibility index (Phi) is 2.56. The Morgan fingerprint density at radius 3 is 2.22 bits per heavy atom. The van der Waals surface area contributed by atoms with Crippen molar-refractivity contribution in [2.75, 3.05) is 0 Å². The average molecular weight is 293 g/mol. The Hall–Kier alpha value is -3.06. The molecule has 0 fully saturated rings. The van der Waals surface area contributed by atoms with Gasteiger partial charge in [-0.1, -0.05) is 72.8 Å². The Bertz CT molecular complexity index is 1160. The van der Waals surface area contributed by atoms with Crippen LogP contribution in [0.1, 0.15) is 0 Å². The summed E-state index contributed by atoms with van der Waals surface area (Å²) < 4.78 is 0. The van der Waals surface area contributed by atoms with E-state index in [0.717, 1.165) is 0 Å². The summed E-state index contributed by atoms with van der Waals surface area (Å²) in [6.07, 6.45) is 2.13. The van der Waals surface area contributed by atoms with E-state index in [2.05, 4.69) is 90.0 Å². The first kappa shape index (κ1) is 12.5. The lowest BCUT2D eigenvalue weighted by molar-refractivity contribution is 1.49. The van der Waals surface area contributed by atoms with Gasteiger partial charge in [-0.15, -0.1) is 0 Å². The maximum atomic E-state index is 3.48. The van der Waals surface area contributed by atoms with Crippen molar-refractivity contribution in [3.8, 4) is 11.1 Å². The van der Waals surface area contributed by atoms with Crippen molar-refractivity contribution in [3.63, 3.8) is 0 Å². The van der Waals surface area contributed by atoms with Gasteiger partial charge in [-0.2, -0.15) is 0 Å². The van der Waals surface area contributed by atoms with Crippen LogP contribution in [0.15, 0.2) is 85.1 Å². The van der Waals surface area contributed by atoms with E-state index in [0.29, 0.717) is 0 Å². The van der Waals surface area contributed by atoms with Gasteiger partial charge in [0, 0.05) is 22.5 Å². The number of H-pyrrole nitrogens is 1. The van der Waals surface area contributed by atoms with Crippen molar-refractivity contribution in [1.29, 1.82) is 0 Å². The predicted octanol–water partition coefficient (Wildman–Crippen LogP) is 6.14. The molecule has 0 saturated carbocycles. The van der Waals surface area contributed by atoms with Gasteiger partial charge >= 0.3 is 0 Å². The average Bonchev–Trinajstić information content (AvgIpc) is 3.06. The Morgan fingerprint density at radius 2 is 1.30 bits per heavy atom. The first-order chi connectivity index (χ1) is 11.4. The number of benzene rings is 4. The van der Waals surface area contributed by atoms with E-state index in [-0.39, 0.29) is 0 Å². The second-order valence-electron chi connectivity index (χ2n) is 5.97. The summed E-state index contributed by atoms with van der Waals surface area (Å²) >= 11 is 0. The normalized spacial score (nSPS) is 11.5. The van der Waals surface area contributed by atoms with Crippen LogP contribution in [0.5, 0.6) is 0 Å². The summed E-state index contributed by atoms with van der Waals surface area (Å²) in [5.74, 6) is 0. The number of hydrogen-bond acceptors (Lipinski definition) is 0. The monoisotopic (exact) mass is 293 g/mol. The highest BCUT2D eigenvalue weighted by atomic mass is 14.7. The zero-order chi connectivity index (χ0) is 15.2. The van der Waals surface area contributed by atoms with Gasteiger partial charge < -0.3 is 4.98 Å². The van der Waals surface area contributed by atoms with E-state index in [1.807, 2.05) is 0 Å². The van der Waals surface area contributed by atoms with Crippen molar-refractivity contribution < 1.29 is 0 Å². The fourth-order valence-corrected chi connectivity index (χ4v) is 3.47. The molecule has 0 atom stereocenters. The molecule has 0 aliphatic rings. The SMILES string of the molecule is c1ccc2cc(-c3c[nH]c4c3ccc3ccccc34)ccc2c1. The van der Waals surface area contributed by atoms with Crippen molar-refractivity contribution in [2.45, 2.75) is 0 Å². The standard InChI is InChI=1S/C22H15N/c1-2-7-17-13-18(10-9-15(17)5-1)21-14-23-22-19-8-4-3-6-16(19)11-12-20(21)22/h1-14,23H. The summed E-state index contributed by atoms with van der Waals surface area (Å²) in [6, 6.07) is 28.1. The minimum absolute atomic E-state index is 1.21. The summed E-state index contributed by atoms with van der Waals surface area (Å²) in [4.78, 5) is 3.48. The van der Waals surface area contributed by atoms with Crippen molar-refractivity contribution in [2.24, 2.45) is 0 Å². The van der Waals surface area contributed by atoms with Crippen molar-refractivity contribution in [3.05, 3.63) is 85.1 Å². The highest BCUT2D eigenvalue weighted by molar-refractivity contribution is 6.11. The van der Waals surface area contributed by atoms with Gasteiger partial charge in [-0.25, -0.2) is 0 Å². The lowest BCUT2D eigenvalue weighted by Crippen LogP contribution is -1.78. The summed E-state index contributed by atoms with van der Waals surface area (Å²) in [7, 11) is 0. The molecule has 0 aliphatic heterocycles. The van der Waals surface area contributed by atoms with Crippen LogP contribution in [-0.4, -0.2) is 4.98 Å². The summed E-state index contributed by atoms with van der Waals surface area (Å²) in [5.41, 5.74) is 3.73. The molecule has 1 heteroatoms. The fraction of sp³-hybridized carbons (Fsp3) is 0. The van der Waals surface area contributed by atoms with E-state index in [1.54, 1.807) is 0 Å². The molecule has 0 saturated heterocycles. The maximum absolute atomic E-state index is 3.48. The molecule has 23 heavy (non-hydrogen) atoms. The van der Waals surface area contributed by atoms with Crippen LogP contribution in [0.4, 0.5) is 0 Å². The van der Waals surface area contributed by atoms with Gasteiger partial charge in [0.2, 0.25) is 0 Å². The molecule has 0 aliphatic carbocycles. The van der Waals surface area contributed by atoms with Gasteiger partial charge in [-0.05, 0) is 27.8 Å². The quantitative estimate of drug-likeness (QED) is 0.382. The number of aromatic nitrogens is 1. The number of nitrogens with one attached hydrogen (secondary N) is 1. The van der Waals surface area contributed by atoms with Crippen LogP contribution >= 0.6 is 0 Å². The zero-order valence-electron chi connectivity index (χ0n) is 12.6. The smallest absolute Gasteiger partial charge is 0.0540 e. The molecule has 1 aromatic heterocycles. The van der Waals surface area contributed by atoms with Crippen LogP contribution in [0.3, 0.4) is 0 Å². The van der Waals surface area contributed by atoms with Crippen molar-refractivity contribution in [1.82, 2.24) is 4.98 Å². The van der Waals surface area contributed by atoms with E-state index >= 15 is 0 Å². The molecule has 1 heterocycles. The molecule has 5 aromatic rings. The third-order valence-corrected chi connectivity index (χ3v) is 4.64. The highest BCUT2D eigenvalue weighted by Crippen LogP contribution is 2.34. The van der Waals surface area contributed by atoms with Gasteiger partial charge in [0.25, 0.3) is 0 Å². The molecule has 108 valence electrons. The first-order valence-electron chi connectivity index (χ1n) is 7.88. The molecule has 0 radical (unpaired) electrons. The van der Waals surface area contributed by atoms with E-state index in [1.165, 1.54) is 43.6 Å². The molecule has 0 spiro atoms. The lowest BCUT2D eigenvalue weighted by Gasteiger charge is -2.04. The zero-order valence-corrected chi connectivity index (χ0v) is 12.6. The third kappa shape index (κ3) is 1.87. The minimum atomic E-state index is 1.21. The largest absolute Gasteiger partial charge is 0.360 e. The molecule has 5 rings (SSSR count). The minimum Gasteiger partial charge on any atom is -0.360 e. The van der Waals surface area contributed by atoms with E-state index in [9.17, 15) is 0 Å². The molecule has 1 N–H and O–H groups in total. The molecule has 0 amide bonds. The van der Waals surface area contributed by atoms with Gasteiger partial charge in [0.1, 0.15) is 0 Å². The number of fused-ring (bicyclic) bond motifs is 4. The van der Waals surface area contributed by atoms with Crippen molar-refractivity contribution >= 4 is 32.4 Å². The third-order valence-electron chi connectivity index (χ3n) is 4.64. The number of hydrogen-bond donors (Lipinski definition) is 1. The molecular weight excluding hydrogens is 278 g/mol. The van der Waals surface area contributed by atoms with E-state index in [4.69, 9.17) is 0 Å². The topological polar surface area (TPSA) is 15.8 Å². The van der Waals surface area contributed by atoms with Crippen LogP contribution in [0, 0.1) is 0 Å². The van der Waals surface area contributed by atoms with Gasteiger partial charge in [0.05, 0.1) is 5.52 Å². The molecule has 1 nitrogen and oxygen atoms in total. The van der Waals surface area contributed by atoms with Crippen LogP contribution < -0.4 is 0 Å². The predicted molar refractivity (Wildman–Crippen MR) is 98.7 cm³/mol. The first-order valence-corrected chi connectivity index (χ1v) is 7.88. The lowest BCUT2D eigenvalue weighted by atomic mass is 9.99. The number of rotatable bonds is 1. The van der Waals surface area contributed by atoms with Gasteiger partial charge in [0.15, 0.2) is 0 Å². The second-order valence-corrected chi connectivity index (χ2v) is 5.97. The molecule has 0 bridgehead atoms. The van der Waals surface area contributed by atoms with Crippen LogP contribution in [-0.2, 0) is 0 Å². The second kappa shape index (κ2) is 4.72. The molecule has 0 unspecified atom stereocenters. The summed E-state index contributed by atoms with van der Waals surface area (Å²) in [6.45, 7) is 0. The fourth-order valence-electron chi connectivity index (χ4n) is 3.47. The van der Waals surface area contributed by atoms with Crippen LogP contribution in [0.25, 0.3) is 43.6 Å². The molecular formula is C22H15N. The Morgan fingerprint density at radius 1 is 0.565 bits per heavy atom. The Labute approximate surface area is 134 Å². The maximum Gasteiger partial charge on any atom is 0.0540 e.